The highest BCUT2D eigenvalue weighted by Crippen LogP contribution is 2.61. The van der Waals surface area contributed by atoms with Crippen LogP contribution in [0.4, 0.5) is 22.7 Å². The van der Waals surface area contributed by atoms with Crippen LogP contribution in [0, 0.1) is 0 Å². The molecule has 2 fully saturated rings. The fraction of sp³-hybridized carbons (Fsp3) is 0.280. The molecule has 4 aliphatic rings. The quantitative estimate of drug-likeness (QED) is 0.0290. The second-order valence-electron chi connectivity index (χ2n) is 20.4. The van der Waals surface area contributed by atoms with Crippen molar-refractivity contribution in [3.05, 3.63) is 82.4 Å². The van der Waals surface area contributed by atoms with Crippen LogP contribution in [0.2, 0.25) is 0 Å². The Balaban J connectivity index is 0.910. The molecular formula is C50H48N10O30. The molecule has 25 N–H and O–H groups in total. The lowest BCUT2D eigenvalue weighted by Gasteiger charge is -2.55. The number of amides is 6. The fourth-order valence-electron chi connectivity index (χ4n) is 10.6. The molecule has 10 rings (SSSR count). The van der Waals surface area contributed by atoms with Crippen LogP contribution in [-0.4, -0.2) is 230 Å². The molecule has 2 saturated heterocycles. The van der Waals surface area contributed by atoms with Crippen molar-refractivity contribution >= 4 is 58.2 Å². The zero-order valence-corrected chi connectivity index (χ0v) is 45.2. The highest BCUT2D eigenvalue weighted by Gasteiger charge is 2.81. The van der Waals surface area contributed by atoms with Crippen molar-refractivity contribution < 1.29 is 150 Å². The summed E-state index contributed by atoms with van der Waals surface area (Å²) in [7, 11) is 1.38. The molecule has 0 saturated carbocycles. The first-order valence-electron chi connectivity index (χ1n) is 25.3. The van der Waals surface area contributed by atoms with Crippen LogP contribution in [0.25, 0.3) is 11.4 Å². The van der Waals surface area contributed by atoms with Gasteiger partial charge in [0.1, 0.15) is 45.6 Å². The van der Waals surface area contributed by atoms with Crippen molar-refractivity contribution in [1.82, 2.24) is 19.6 Å². The number of nitrogens with two attached hydrogens (primary N) is 2. The topological polar surface area (TPSA) is 656 Å². The molecule has 4 aliphatic heterocycles. The summed E-state index contributed by atoms with van der Waals surface area (Å²) in [5, 5.41) is 237. The number of phenolic OH excluding ortho intramolecular Hbond substituents is 8. The molecule has 1 atom stereocenters. The number of hydrogen-bond acceptors (Lipinski definition) is 32. The van der Waals surface area contributed by atoms with Crippen molar-refractivity contribution in [2.24, 2.45) is 11.5 Å². The average molecular weight is 1270 g/mol. The number of primary amides is 2. The van der Waals surface area contributed by atoms with Crippen LogP contribution < -0.4 is 40.5 Å². The van der Waals surface area contributed by atoms with Crippen LogP contribution in [0.3, 0.4) is 0 Å². The number of ether oxygens (including phenoxy) is 3. The number of nitrogens with zero attached hydrogens (tertiary/aromatic N) is 8. The molecule has 4 aromatic carbocycles. The monoisotopic (exact) mass is 1270 g/mol. The van der Waals surface area contributed by atoms with Gasteiger partial charge in [0, 0.05) is 24.2 Å². The molecule has 6 heterocycles. The summed E-state index contributed by atoms with van der Waals surface area (Å²) in [6.07, 6.45) is -2.58. The van der Waals surface area contributed by atoms with Crippen LogP contribution in [0.5, 0.6) is 57.5 Å². The van der Waals surface area contributed by atoms with Gasteiger partial charge >= 0.3 is 29.2 Å². The van der Waals surface area contributed by atoms with E-state index in [1.54, 1.807) is 0 Å². The Kier molecular flexibility index (Phi) is 14.1. The van der Waals surface area contributed by atoms with Gasteiger partial charge in [0.25, 0.3) is 35.3 Å². The van der Waals surface area contributed by atoms with Gasteiger partial charge in [-0.1, -0.05) is 0 Å². The summed E-state index contributed by atoms with van der Waals surface area (Å²) in [5.41, 5.74) is 2.94. The number of carbonyl (C=O) groups is 6. The molecule has 90 heavy (non-hydrogen) atoms. The lowest BCUT2D eigenvalue weighted by Crippen LogP contribution is -2.88. The second kappa shape index (κ2) is 20.3. The van der Waals surface area contributed by atoms with Gasteiger partial charge in [0.2, 0.25) is 11.7 Å². The Morgan fingerprint density at radius 2 is 0.900 bits per heavy atom. The third-order valence-electron chi connectivity index (χ3n) is 15.3. The Morgan fingerprint density at radius 3 is 1.29 bits per heavy atom. The number of aliphatic hydroxyl groups is 13. The molecule has 0 radical (unpaired) electrons. The van der Waals surface area contributed by atoms with Crippen LogP contribution in [0.1, 0.15) is 59.5 Å². The van der Waals surface area contributed by atoms with Gasteiger partial charge in [-0.15, -0.1) is 0 Å². The Bertz CT molecular complexity index is 4040. The Labute approximate surface area is 496 Å². The van der Waals surface area contributed by atoms with Gasteiger partial charge in [0.15, 0.2) is 64.2 Å². The van der Waals surface area contributed by atoms with E-state index in [1.165, 1.54) is 31.4 Å². The van der Waals surface area contributed by atoms with E-state index in [-0.39, 0.29) is 46.1 Å². The molecule has 0 aliphatic carbocycles. The van der Waals surface area contributed by atoms with E-state index in [4.69, 9.17) is 25.7 Å². The number of anilines is 4. The first kappa shape index (κ1) is 62.6. The molecule has 6 amide bonds. The molecule has 0 bridgehead atoms. The number of rotatable bonds is 13. The van der Waals surface area contributed by atoms with Crippen molar-refractivity contribution in [2.75, 3.05) is 46.6 Å². The number of aromatic nitrogens is 4. The third kappa shape index (κ3) is 8.41. The maximum Gasteiger partial charge on any atom is 0.316 e. The summed E-state index contributed by atoms with van der Waals surface area (Å²) < 4.78 is 17.3. The van der Waals surface area contributed by atoms with E-state index in [9.17, 15) is 136 Å². The number of carbonyl (C=O) groups excluding carboxylic acids is 6. The molecular weight excluding hydrogens is 1220 g/mol. The molecule has 40 nitrogen and oxygen atoms in total. The SMILES string of the molecule is COc1ccc(-n2nc(C(N)=O)c3c2C(=O)N(c2c(O)c(O)c(N4C(=O)CC(O)(O)C(O)(OCOc5ccc(-n6nc(C(N)=O)c7c6C(=O)N(c6c(O)c(O)c(N8C(=O)C(O)(O)C(O)(O)C(O)(O)C8(O)O)c(O)c6O)CC7)cc5)C4(O)O)c(O)c2O)CC3)cc1. The minimum Gasteiger partial charge on any atom is -0.503 e. The lowest BCUT2D eigenvalue weighted by atomic mass is 9.85. The Morgan fingerprint density at radius 1 is 0.522 bits per heavy atom. The lowest BCUT2D eigenvalue weighted by molar-refractivity contribution is -0.505. The van der Waals surface area contributed by atoms with Gasteiger partial charge in [-0.25, -0.2) is 19.2 Å². The first-order valence-corrected chi connectivity index (χ1v) is 25.3. The third-order valence-corrected chi connectivity index (χ3v) is 15.3. The van der Waals surface area contributed by atoms with Gasteiger partial charge in [-0.2, -0.15) is 10.2 Å². The van der Waals surface area contributed by atoms with E-state index in [1.807, 2.05) is 0 Å². The summed E-state index contributed by atoms with van der Waals surface area (Å²) in [5.74, 6) is -56.3. The van der Waals surface area contributed by atoms with E-state index in [0.717, 1.165) is 33.6 Å². The highest BCUT2D eigenvalue weighted by atomic mass is 16.8. The fourth-order valence-corrected chi connectivity index (χ4v) is 10.6. The molecule has 478 valence electrons. The van der Waals surface area contributed by atoms with Gasteiger partial charge in [-0.3, -0.25) is 38.6 Å². The van der Waals surface area contributed by atoms with Gasteiger partial charge in [0.05, 0.1) is 24.9 Å². The average Bonchev–Trinajstić information content (AvgIpc) is 1.24. The van der Waals surface area contributed by atoms with E-state index < -0.39 is 199 Å². The van der Waals surface area contributed by atoms with Crippen molar-refractivity contribution in [3.63, 3.8) is 0 Å². The largest absolute Gasteiger partial charge is 0.503 e. The second-order valence-corrected chi connectivity index (χ2v) is 20.4. The first-order chi connectivity index (χ1) is 41.7. The molecule has 6 aromatic rings. The van der Waals surface area contributed by atoms with Crippen LogP contribution in [0.15, 0.2) is 48.5 Å². The zero-order chi connectivity index (χ0) is 66.6. The molecule has 2 aromatic heterocycles. The smallest absolute Gasteiger partial charge is 0.316 e. The maximum atomic E-state index is 14.4. The molecule has 40 heteroatoms. The Hall–Kier alpha value is -10.4. The maximum absolute atomic E-state index is 14.4. The summed E-state index contributed by atoms with van der Waals surface area (Å²) in [4.78, 5) is 79.8. The molecule has 1 unspecified atom stereocenters. The number of hydrogen-bond donors (Lipinski definition) is 23. The summed E-state index contributed by atoms with van der Waals surface area (Å²) in [6.45, 7) is -2.76. The number of aromatic hydroxyl groups is 8. The predicted molar refractivity (Wildman–Crippen MR) is 282 cm³/mol. The number of phenols is 8. The molecule has 0 spiro atoms. The number of benzene rings is 4. The number of methoxy groups -OCH3 is 1. The van der Waals surface area contributed by atoms with Crippen LogP contribution in [-0.2, 0) is 27.2 Å². The minimum absolute atomic E-state index is 0.00290. The van der Waals surface area contributed by atoms with Gasteiger partial charge in [-0.05, 0) is 61.4 Å². The summed E-state index contributed by atoms with van der Waals surface area (Å²) in [6, 6.07) is 9.95. The number of fused-ring (bicyclic) bond motifs is 2. The minimum atomic E-state index is -5.04. The number of piperidine rings is 2. The zero-order valence-electron chi connectivity index (χ0n) is 45.2. The summed E-state index contributed by atoms with van der Waals surface area (Å²) >= 11 is 0. The van der Waals surface area contributed by atoms with E-state index in [2.05, 4.69) is 10.2 Å². The van der Waals surface area contributed by atoms with E-state index in [0.29, 0.717) is 15.5 Å². The predicted octanol–water partition coefficient (Wildman–Crippen LogP) is -7.86. The van der Waals surface area contributed by atoms with Crippen molar-refractivity contribution in [1.29, 1.82) is 0 Å². The highest BCUT2D eigenvalue weighted by molar-refractivity contribution is 6.14. The standard InChI is InChI=1S/C50H48N10O30/c1-88-18-6-2-16(3-7-18)59-25-20(23(53-59)39(51)70)10-12-55(41(25)72)27-31(62)35(66)29(36(67)32(27)63)57-22(61)14-44(75,76)48(83,50(57,86)87)90-15-89-19-8-4-17(5-9-19)60-26-21(24(54-60)40(52)71)11-13-56(42(26)73)28-33(64)37(68)30(38(69)34(28)65)58-43(74)45(77,78)46(79,80)47(81,82)49(58,84)85/h2-9,62-69,75-87H,10-15H2,1H3,(H2,51,70)(H2,52,71). The van der Waals surface area contributed by atoms with Crippen molar-refractivity contribution in [3.8, 4) is 68.9 Å². The normalized spacial score (nSPS) is 20.4. The van der Waals surface area contributed by atoms with Crippen LogP contribution >= 0.6 is 0 Å². The van der Waals surface area contributed by atoms with Gasteiger partial charge < -0.3 is 133 Å². The van der Waals surface area contributed by atoms with Crippen molar-refractivity contribution in [2.45, 2.75) is 60.0 Å². The van der Waals surface area contributed by atoms with E-state index >= 15 is 0 Å².